The molecular formula is C27H22. The van der Waals surface area contributed by atoms with Crippen LogP contribution in [0.15, 0.2) is 97.1 Å². The zero-order chi connectivity index (χ0) is 18.6. The van der Waals surface area contributed by atoms with Gasteiger partial charge in [-0.15, -0.1) is 0 Å². The molecule has 2 aliphatic carbocycles. The summed E-state index contributed by atoms with van der Waals surface area (Å²) in [6, 6.07) is 24.6. The SMILES string of the molecule is C=CC1=C(/C=C\C)C2(c3ccccc31)c1ccccc1-c1ccc(C)cc12. The van der Waals surface area contributed by atoms with E-state index in [1.165, 1.54) is 50.1 Å². The van der Waals surface area contributed by atoms with Gasteiger partial charge in [-0.05, 0) is 58.4 Å². The highest BCUT2D eigenvalue weighted by Crippen LogP contribution is 2.62. The van der Waals surface area contributed by atoms with Crippen molar-refractivity contribution in [3.63, 3.8) is 0 Å². The number of aryl methyl sites for hydroxylation is 1. The maximum atomic E-state index is 4.17. The molecule has 5 rings (SSSR count). The van der Waals surface area contributed by atoms with E-state index >= 15 is 0 Å². The van der Waals surface area contributed by atoms with Crippen molar-refractivity contribution >= 4 is 5.57 Å². The van der Waals surface area contributed by atoms with E-state index in [0.717, 1.165) is 0 Å². The molecule has 0 fully saturated rings. The predicted octanol–water partition coefficient (Wildman–Crippen LogP) is 6.84. The fraction of sp³-hybridized carbons (Fsp3) is 0.111. The van der Waals surface area contributed by atoms with Gasteiger partial charge in [-0.3, -0.25) is 0 Å². The lowest BCUT2D eigenvalue weighted by atomic mass is 9.69. The normalized spacial score (nSPS) is 19.5. The highest BCUT2D eigenvalue weighted by Gasteiger charge is 2.51. The molecule has 0 nitrogen and oxygen atoms in total. The van der Waals surface area contributed by atoms with Crippen LogP contribution in [-0.2, 0) is 5.41 Å². The van der Waals surface area contributed by atoms with Crippen molar-refractivity contribution < 1.29 is 0 Å². The quantitative estimate of drug-likeness (QED) is 0.476. The summed E-state index contributed by atoms with van der Waals surface area (Å²) >= 11 is 0. The Balaban J connectivity index is 2.03. The summed E-state index contributed by atoms with van der Waals surface area (Å²) in [6.07, 6.45) is 6.47. The summed E-state index contributed by atoms with van der Waals surface area (Å²) < 4.78 is 0. The van der Waals surface area contributed by atoms with E-state index in [-0.39, 0.29) is 5.41 Å². The third-order valence-electron chi connectivity index (χ3n) is 6.05. The third-order valence-corrected chi connectivity index (χ3v) is 6.05. The molecule has 0 saturated heterocycles. The van der Waals surface area contributed by atoms with Gasteiger partial charge in [0.15, 0.2) is 0 Å². The first-order chi connectivity index (χ1) is 13.2. The number of hydrogen-bond donors (Lipinski definition) is 0. The Bertz CT molecular complexity index is 1160. The van der Waals surface area contributed by atoms with Crippen LogP contribution in [0.25, 0.3) is 16.7 Å². The molecule has 0 aromatic heterocycles. The summed E-state index contributed by atoms with van der Waals surface area (Å²) in [5, 5.41) is 0. The molecule has 1 atom stereocenters. The van der Waals surface area contributed by atoms with E-state index in [9.17, 15) is 0 Å². The minimum absolute atomic E-state index is 0.259. The minimum atomic E-state index is -0.259. The second kappa shape index (κ2) is 5.69. The van der Waals surface area contributed by atoms with Crippen LogP contribution in [0.2, 0.25) is 0 Å². The molecule has 0 aliphatic heterocycles. The molecule has 3 aromatic carbocycles. The second-order valence-electron chi connectivity index (χ2n) is 7.42. The van der Waals surface area contributed by atoms with Gasteiger partial charge in [-0.1, -0.05) is 97.1 Å². The van der Waals surface area contributed by atoms with Crippen LogP contribution in [0.5, 0.6) is 0 Å². The lowest BCUT2D eigenvalue weighted by Crippen LogP contribution is -2.26. The molecule has 0 amide bonds. The zero-order valence-electron chi connectivity index (χ0n) is 15.8. The highest BCUT2D eigenvalue weighted by molar-refractivity contribution is 5.97. The van der Waals surface area contributed by atoms with Crippen LogP contribution in [0, 0.1) is 6.92 Å². The fourth-order valence-corrected chi connectivity index (χ4v) is 5.11. The van der Waals surface area contributed by atoms with E-state index < -0.39 is 0 Å². The summed E-state index contributed by atoms with van der Waals surface area (Å²) in [5.74, 6) is 0. The first-order valence-corrected chi connectivity index (χ1v) is 9.54. The van der Waals surface area contributed by atoms with Crippen LogP contribution < -0.4 is 0 Å². The topological polar surface area (TPSA) is 0 Å². The fourth-order valence-electron chi connectivity index (χ4n) is 5.11. The van der Waals surface area contributed by atoms with E-state index in [1.807, 2.05) is 6.08 Å². The molecule has 0 saturated carbocycles. The first kappa shape index (κ1) is 16.1. The van der Waals surface area contributed by atoms with Crippen molar-refractivity contribution in [3.05, 3.63) is 125 Å². The number of hydrogen-bond acceptors (Lipinski definition) is 0. The van der Waals surface area contributed by atoms with E-state index in [2.05, 4.69) is 99.3 Å². The van der Waals surface area contributed by atoms with Crippen molar-refractivity contribution in [2.75, 3.05) is 0 Å². The third kappa shape index (κ3) is 1.88. The van der Waals surface area contributed by atoms with Gasteiger partial charge in [0, 0.05) is 0 Å². The van der Waals surface area contributed by atoms with E-state index in [0.29, 0.717) is 0 Å². The van der Waals surface area contributed by atoms with Crippen LogP contribution in [0.3, 0.4) is 0 Å². The molecule has 0 N–H and O–H groups in total. The molecule has 1 spiro atoms. The largest absolute Gasteiger partial charge is 0.0984 e. The summed E-state index contributed by atoms with van der Waals surface area (Å²) in [5.41, 5.74) is 11.7. The number of allylic oxidation sites excluding steroid dienone is 5. The van der Waals surface area contributed by atoms with Gasteiger partial charge in [0.1, 0.15) is 0 Å². The molecule has 0 heterocycles. The van der Waals surface area contributed by atoms with Gasteiger partial charge in [-0.25, -0.2) is 0 Å². The monoisotopic (exact) mass is 346 g/mol. The number of fused-ring (bicyclic) bond motifs is 7. The van der Waals surface area contributed by atoms with Gasteiger partial charge in [0.25, 0.3) is 0 Å². The van der Waals surface area contributed by atoms with E-state index in [1.54, 1.807) is 0 Å². The lowest BCUT2D eigenvalue weighted by molar-refractivity contribution is 0.785. The molecule has 130 valence electrons. The van der Waals surface area contributed by atoms with Crippen molar-refractivity contribution in [2.45, 2.75) is 19.3 Å². The number of benzene rings is 3. The first-order valence-electron chi connectivity index (χ1n) is 9.54. The smallest absolute Gasteiger partial charge is 0.0725 e. The molecule has 0 bridgehead atoms. The Hall–Kier alpha value is -3.12. The minimum Gasteiger partial charge on any atom is -0.0984 e. The Kier molecular flexibility index (Phi) is 3.39. The second-order valence-corrected chi connectivity index (χ2v) is 7.42. The molecule has 3 aromatic rings. The average molecular weight is 346 g/mol. The van der Waals surface area contributed by atoms with Crippen molar-refractivity contribution in [1.29, 1.82) is 0 Å². The summed E-state index contributed by atoms with van der Waals surface area (Å²) in [4.78, 5) is 0. The Labute approximate surface area is 161 Å². The van der Waals surface area contributed by atoms with Crippen molar-refractivity contribution in [2.24, 2.45) is 0 Å². The summed E-state index contributed by atoms with van der Waals surface area (Å²) in [7, 11) is 0. The lowest BCUT2D eigenvalue weighted by Gasteiger charge is -2.31. The van der Waals surface area contributed by atoms with Crippen molar-refractivity contribution in [3.8, 4) is 11.1 Å². The molecule has 1 unspecified atom stereocenters. The maximum absolute atomic E-state index is 4.17. The van der Waals surface area contributed by atoms with E-state index in [4.69, 9.17) is 0 Å². The molecule has 2 aliphatic rings. The summed E-state index contributed by atoms with van der Waals surface area (Å²) in [6.45, 7) is 8.45. The predicted molar refractivity (Wildman–Crippen MR) is 115 cm³/mol. The molecule has 0 radical (unpaired) electrons. The highest BCUT2D eigenvalue weighted by atomic mass is 14.5. The van der Waals surface area contributed by atoms with Gasteiger partial charge < -0.3 is 0 Å². The van der Waals surface area contributed by atoms with Gasteiger partial charge in [-0.2, -0.15) is 0 Å². The van der Waals surface area contributed by atoms with Crippen LogP contribution >= 0.6 is 0 Å². The van der Waals surface area contributed by atoms with Crippen molar-refractivity contribution in [1.82, 2.24) is 0 Å². The number of rotatable bonds is 2. The maximum Gasteiger partial charge on any atom is 0.0725 e. The molecule has 27 heavy (non-hydrogen) atoms. The van der Waals surface area contributed by atoms with Gasteiger partial charge >= 0.3 is 0 Å². The average Bonchev–Trinajstić information content (AvgIpc) is 3.14. The Morgan fingerprint density at radius 3 is 2.11 bits per heavy atom. The molecular weight excluding hydrogens is 324 g/mol. The van der Waals surface area contributed by atoms with Crippen LogP contribution in [0.4, 0.5) is 0 Å². The van der Waals surface area contributed by atoms with Gasteiger partial charge in [0.2, 0.25) is 0 Å². The van der Waals surface area contributed by atoms with Gasteiger partial charge in [0.05, 0.1) is 5.41 Å². The zero-order valence-corrected chi connectivity index (χ0v) is 15.8. The van der Waals surface area contributed by atoms with Crippen LogP contribution in [-0.4, -0.2) is 0 Å². The van der Waals surface area contributed by atoms with Crippen LogP contribution in [0.1, 0.15) is 34.7 Å². The standard InChI is InChI=1S/C27H22/c1-4-10-23-19(5-2)20-11-6-8-13-24(20)27(23)25-14-9-7-12-21(25)22-16-15-18(3)17-26(22)27/h4-17H,2H2,1,3H3/b10-4-. The molecule has 0 heteroatoms. The Morgan fingerprint density at radius 2 is 1.41 bits per heavy atom. The Morgan fingerprint density at radius 1 is 0.778 bits per heavy atom.